The van der Waals surface area contributed by atoms with E-state index in [2.05, 4.69) is 5.32 Å². The van der Waals surface area contributed by atoms with Gasteiger partial charge in [0.1, 0.15) is 22.7 Å². The number of carbonyl (C=O) groups excluding carboxylic acids is 2. The molecule has 0 saturated heterocycles. The van der Waals surface area contributed by atoms with Gasteiger partial charge in [-0.15, -0.1) is 0 Å². The highest BCUT2D eigenvalue weighted by atomic mass is 16.5. The van der Waals surface area contributed by atoms with Gasteiger partial charge in [-0.25, -0.2) is 0 Å². The average Bonchev–Trinajstić information content (AvgIpc) is 2.73. The van der Waals surface area contributed by atoms with Crippen LogP contribution in [0.5, 0.6) is 5.75 Å². The Bertz CT molecular complexity index is 1170. The third-order valence-corrected chi connectivity index (χ3v) is 5.14. The maximum atomic E-state index is 13.3. The van der Waals surface area contributed by atoms with E-state index in [1.807, 2.05) is 39.0 Å². The summed E-state index contributed by atoms with van der Waals surface area (Å²) in [5, 5.41) is 3.24. The van der Waals surface area contributed by atoms with Crippen molar-refractivity contribution in [1.82, 2.24) is 0 Å². The molecule has 0 fully saturated rings. The molecular weight excluding hydrogens is 394 g/mol. The summed E-state index contributed by atoms with van der Waals surface area (Å²) in [7, 11) is 0. The molecule has 0 bridgehead atoms. The summed E-state index contributed by atoms with van der Waals surface area (Å²) in [6.45, 7) is 7.30. The number of amides is 1. The van der Waals surface area contributed by atoms with E-state index in [0.717, 1.165) is 29.7 Å². The minimum absolute atomic E-state index is 0.0162. The molecular formula is C25H27NO5. The fourth-order valence-electron chi connectivity index (χ4n) is 3.66. The van der Waals surface area contributed by atoms with Gasteiger partial charge < -0.3 is 14.5 Å². The van der Waals surface area contributed by atoms with Crippen LogP contribution in [-0.2, 0) is 24.1 Å². The van der Waals surface area contributed by atoms with E-state index in [0.29, 0.717) is 18.6 Å². The molecule has 3 rings (SSSR count). The summed E-state index contributed by atoms with van der Waals surface area (Å²) < 4.78 is 11.0. The molecule has 2 aromatic carbocycles. The van der Waals surface area contributed by atoms with Crippen molar-refractivity contribution in [3.63, 3.8) is 0 Å². The monoisotopic (exact) mass is 421 g/mol. The van der Waals surface area contributed by atoms with Crippen molar-refractivity contribution in [2.45, 2.75) is 53.4 Å². The number of nitrogens with one attached hydrogen (secondary N) is 1. The maximum absolute atomic E-state index is 13.3. The molecule has 0 aliphatic heterocycles. The first kappa shape index (κ1) is 22.3. The SMILES string of the molecule is CCCc1oc2cc(OC(C)=O)ccc2c(=O)c1C(=O)Nc1c(CC)cccc1CC. The number of ether oxygens (including phenoxy) is 1. The van der Waals surface area contributed by atoms with Crippen LogP contribution in [0.15, 0.2) is 45.6 Å². The van der Waals surface area contributed by atoms with Crippen molar-refractivity contribution in [3.05, 3.63) is 69.1 Å². The van der Waals surface area contributed by atoms with Gasteiger partial charge in [-0.3, -0.25) is 14.4 Å². The van der Waals surface area contributed by atoms with Crippen LogP contribution in [0.4, 0.5) is 5.69 Å². The zero-order valence-electron chi connectivity index (χ0n) is 18.3. The predicted molar refractivity (Wildman–Crippen MR) is 121 cm³/mol. The summed E-state index contributed by atoms with van der Waals surface area (Å²) in [6, 6.07) is 10.5. The number of carbonyl (C=O) groups is 2. The summed E-state index contributed by atoms with van der Waals surface area (Å²) in [6.07, 6.45) is 2.65. The van der Waals surface area contributed by atoms with Crippen LogP contribution < -0.4 is 15.5 Å². The molecule has 31 heavy (non-hydrogen) atoms. The molecule has 1 aromatic heterocycles. The van der Waals surface area contributed by atoms with Gasteiger partial charge in [-0.05, 0) is 42.5 Å². The molecule has 1 amide bonds. The van der Waals surface area contributed by atoms with Crippen molar-refractivity contribution in [1.29, 1.82) is 0 Å². The van der Waals surface area contributed by atoms with Crippen LogP contribution in [0, 0.1) is 0 Å². The molecule has 0 aliphatic rings. The van der Waals surface area contributed by atoms with Gasteiger partial charge >= 0.3 is 5.97 Å². The summed E-state index contributed by atoms with van der Waals surface area (Å²) >= 11 is 0. The van der Waals surface area contributed by atoms with Crippen LogP contribution in [0.25, 0.3) is 11.0 Å². The smallest absolute Gasteiger partial charge is 0.308 e. The summed E-state index contributed by atoms with van der Waals surface area (Å²) in [5.74, 6) is -0.330. The number of hydrogen-bond donors (Lipinski definition) is 1. The minimum Gasteiger partial charge on any atom is -0.460 e. The molecule has 0 atom stereocenters. The fourth-order valence-corrected chi connectivity index (χ4v) is 3.66. The standard InChI is InChI=1S/C25H27NO5/c1-5-9-20-22(25(29)26-23-16(6-2)10-8-11-17(23)7-3)24(28)19-13-12-18(30-15(4)27)14-21(19)31-20/h8,10-14H,5-7,9H2,1-4H3,(H,26,29). The molecule has 0 unspecified atom stereocenters. The number of para-hydroxylation sites is 1. The molecule has 162 valence electrons. The number of aryl methyl sites for hydroxylation is 3. The van der Waals surface area contributed by atoms with Crippen LogP contribution in [0.2, 0.25) is 0 Å². The quantitative estimate of drug-likeness (QED) is 0.426. The lowest BCUT2D eigenvalue weighted by Gasteiger charge is -2.15. The molecule has 0 saturated carbocycles. The van der Waals surface area contributed by atoms with Gasteiger partial charge in [-0.2, -0.15) is 0 Å². The van der Waals surface area contributed by atoms with Crippen molar-refractivity contribution >= 4 is 28.5 Å². The second kappa shape index (κ2) is 9.60. The Morgan fingerprint density at radius 2 is 1.71 bits per heavy atom. The van der Waals surface area contributed by atoms with Gasteiger partial charge in [0.05, 0.1) is 5.39 Å². The highest BCUT2D eigenvalue weighted by Crippen LogP contribution is 2.26. The van der Waals surface area contributed by atoms with Gasteiger partial charge in [0.25, 0.3) is 5.91 Å². The Balaban J connectivity index is 2.12. The largest absolute Gasteiger partial charge is 0.460 e. The van der Waals surface area contributed by atoms with Crippen molar-refractivity contribution in [2.24, 2.45) is 0 Å². The first-order chi connectivity index (χ1) is 14.9. The van der Waals surface area contributed by atoms with E-state index in [1.165, 1.54) is 25.1 Å². The molecule has 6 heteroatoms. The third kappa shape index (κ3) is 4.68. The van der Waals surface area contributed by atoms with Crippen molar-refractivity contribution in [3.8, 4) is 5.75 Å². The topological polar surface area (TPSA) is 85.6 Å². The maximum Gasteiger partial charge on any atom is 0.308 e. The van der Waals surface area contributed by atoms with Crippen LogP contribution in [0.3, 0.4) is 0 Å². The van der Waals surface area contributed by atoms with E-state index in [1.54, 1.807) is 0 Å². The lowest BCUT2D eigenvalue weighted by molar-refractivity contribution is -0.131. The number of hydrogen-bond acceptors (Lipinski definition) is 5. The number of benzene rings is 2. The van der Waals surface area contributed by atoms with E-state index in [9.17, 15) is 14.4 Å². The normalized spacial score (nSPS) is 10.8. The lowest BCUT2D eigenvalue weighted by Crippen LogP contribution is -2.25. The second-order valence-corrected chi connectivity index (χ2v) is 7.34. The lowest BCUT2D eigenvalue weighted by atomic mass is 10.0. The Labute approximate surface area is 181 Å². The van der Waals surface area contributed by atoms with Crippen LogP contribution >= 0.6 is 0 Å². The molecule has 6 nitrogen and oxygen atoms in total. The fraction of sp³-hybridized carbons (Fsp3) is 0.320. The van der Waals surface area contributed by atoms with Crippen molar-refractivity contribution < 1.29 is 18.7 Å². The Morgan fingerprint density at radius 3 is 2.29 bits per heavy atom. The predicted octanol–water partition coefficient (Wildman–Crippen LogP) is 5.05. The number of rotatable bonds is 7. The number of fused-ring (bicyclic) bond motifs is 1. The van der Waals surface area contributed by atoms with E-state index < -0.39 is 17.3 Å². The molecule has 0 aliphatic carbocycles. The Morgan fingerprint density at radius 1 is 1.03 bits per heavy atom. The molecule has 0 spiro atoms. The minimum atomic E-state index is -0.473. The van der Waals surface area contributed by atoms with Gasteiger partial charge in [0, 0.05) is 25.1 Å². The highest BCUT2D eigenvalue weighted by molar-refractivity contribution is 6.07. The molecule has 1 heterocycles. The highest BCUT2D eigenvalue weighted by Gasteiger charge is 2.22. The summed E-state index contributed by atoms with van der Waals surface area (Å²) in [4.78, 5) is 37.8. The molecule has 1 N–H and O–H groups in total. The molecule has 0 radical (unpaired) electrons. The van der Waals surface area contributed by atoms with Crippen LogP contribution in [0.1, 0.15) is 61.4 Å². The summed E-state index contributed by atoms with van der Waals surface area (Å²) in [5.41, 5.74) is 2.68. The Hall–Kier alpha value is -3.41. The van der Waals surface area contributed by atoms with E-state index in [-0.39, 0.29) is 22.3 Å². The van der Waals surface area contributed by atoms with Gasteiger partial charge in [-0.1, -0.05) is 39.0 Å². The number of esters is 1. The Kier molecular flexibility index (Phi) is 6.90. The van der Waals surface area contributed by atoms with Gasteiger partial charge in [0.15, 0.2) is 0 Å². The second-order valence-electron chi connectivity index (χ2n) is 7.34. The zero-order valence-corrected chi connectivity index (χ0v) is 18.3. The first-order valence-corrected chi connectivity index (χ1v) is 10.6. The zero-order chi connectivity index (χ0) is 22.5. The molecule has 3 aromatic rings. The van der Waals surface area contributed by atoms with Gasteiger partial charge in [0.2, 0.25) is 5.43 Å². The van der Waals surface area contributed by atoms with E-state index >= 15 is 0 Å². The number of anilines is 1. The first-order valence-electron chi connectivity index (χ1n) is 10.6. The average molecular weight is 421 g/mol. The third-order valence-electron chi connectivity index (χ3n) is 5.14. The van der Waals surface area contributed by atoms with E-state index in [4.69, 9.17) is 9.15 Å². The van der Waals surface area contributed by atoms with Crippen molar-refractivity contribution in [2.75, 3.05) is 5.32 Å². The van der Waals surface area contributed by atoms with Crippen LogP contribution in [-0.4, -0.2) is 11.9 Å².